The molecule has 3 rings (SSSR count). The van der Waals surface area contributed by atoms with E-state index in [-0.39, 0.29) is 0 Å². The highest BCUT2D eigenvalue weighted by atomic mass is 32.1. The summed E-state index contributed by atoms with van der Waals surface area (Å²) in [7, 11) is 0. The van der Waals surface area contributed by atoms with Gasteiger partial charge in [-0.1, -0.05) is 25.2 Å². The minimum atomic E-state index is 0.548. The van der Waals surface area contributed by atoms with E-state index in [1.807, 2.05) is 4.52 Å². The molecule has 0 amide bonds. The van der Waals surface area contributed by atoms with Gasteiger partial charge in [-0.25, -0.2) is 0 Å². The molecule has 7 heteroatoms. The lowest BCUT2D eigenvalue weighted by atomic mass is 10.1. The smallest absolute Gasteiger partial charge is 0.234 e. The summed E-state index contributed by atoms with van der Waals surface area (Å²) in [6.07, 6.45) is 7.80. The normalized spacial score (nSPS) is 11.6. The van der Waals surface area contributed by atoms with E-state index in [2.05, 4.69) is 39.1 Å². The third kappa shape index (κ3) is 2.82. The van der Waals surface area contributed by atoms with Crippen molar-refractivity contribution in [3.63, 3.8) is 0 Å². The molecule has 0 aliphatic rings. The Kier molecular flexibility index (Phi) is 3.68. The molecule has 6 nitrogen and oxygen atoms in total. The Labute approximate surface area is 120 Å². The molecule has 0 unspecified atom stereocenters. The van der Waals surface area contributed by atoms with Crippen LogP contribution in [0.1, 0.15) is 30.4 Å². The summed E-state index contributed by atoms with van der Waals surface area (Å²) in [5.74, 6) is 1.49. The number of hydrogen-bond donors (Lipinski definition) is 0. The highest BCUT2D eigenvalue weighted by Gasteiger charge is 2.12. The predicted molar refractivity (Wildman–Crippen MR) is 76.6 cm³/mol. The molecule has 0 saturated heterocycles. The van der Waals surface area contributed by atoms with Gasteiger partial charge in [0.25, 0.3) is 0 Å². The molecule has 0 radical (unpaired) electrons. The highest BCUT2D eigenvalue weighted by molar-refractivity contribution is 7.16. The lowest BCUT2D eigenvalue weighted by Gasteiger charge is -1.99. The van der Waals surface area contributed by atoms with Gasteiger partial charge in [-0.05, 0) is 12.3 Å². The molecule has 0 saturated carbocycles. The molecule has 0 aliphatic carbocycles. The van der Waals surface area contributed by atoms with Gasteiger partial charge in [0.15, 0.2) is 5.82 Å². The topological polar surface area (TPSA) is 68.9 Å². The molecule has 20 heavy (non-hydrogen) atoms. The van der Waals surface area contributed by atoms with Crippen molar-refractivity contribution in [2.45, 2.75) is 33.1 Å². The maximum absolute atomic E-state index is 4.60. The van der Waals surface area contributed by atoms with E-state index < -0.39 is 0 Å². The Hall–Kier alpha value is -1.89. The first kappa shape index (κ1) is 13.1. The van der Waals surface area contributed by atoms with Gasteiger partial charge in [0.1, 0.15) is 5.01 Å². The molecule has 3 aromatic rings. The maximum atomic E-state index is 4.60. The summed E-state index contributed by atoms with van der Waals surface area (Å²) < 4.78 is 1.87. The van der Waals surface area contributed by atoms with Crippen molar-refractivity contribution in [3.05, 3.63) is 35.1 Å². The lowest BCUT2D eigenvalue weighted by molar-refractivity contribution is 0.605. The van der Waals surface area contributed by atoms with Crippen molar-refractivity contribution in [3.8, 4) is 0 Å². The van der Waals surface area contributed by atoms with Crippen LogP contribution in [0.15, 0.2) is 18.6 Å². The van der Waals surface area contributed by atoms with Gasteiger partial charge in [-0.3, -0.25) is 9.97 Å². The summed E-state index contributed by atoms with van der Waals surface area (Å²) in [6.45, 7) is 4.34. The molecule has 0 spiro atoms. The first-order valence-electron chi connectivity index (χ1n) is 6.67. The summed E-state index contributed by atoms with van der Waals surface area (Å²) >= 11 is 1.59. The van der Waals surface area contributed by atoms with E-state index in [0.717, 1.165) is 40.7 Å². The number of aromatic nitrogens is 6. The number of fused-ring (bicyclic) bond motifs is 1. The second kappa shape index (κ2) is 5.62. The Balaban J connectivity index is 1.74. The van der Waals surface area contributed by atoms with Gasteiger partial charge in [-0.2, -0.15) is 9.61 Å². The molecule has 0 fully saturated rings. The monoisotopic (exact) mass is 288 g/mol. The zero-order valence-electron chi connectivity index (χ0n) is 11.5. The van der Waals surface area contributed by atoms with E-state index in [4.69, 9.17) is 0 Å². The predicted octanol–water partition coefficient (Wildman–Crippen LogP) is 1.96. The number of hydrogen-bond acceptors (Lipinski definition) is 6. The fourth-order valence-electron chi connectivity index (χ4n) is 1.98. The van der Waals surface area contributed by atoms with Crippen LogP contribution in [0.25, 0.3) is 4.96 Å². The Morgan fingerprint density at radius 3 is 2.85 bits per heavy atom. The Bertz CT molecular complexity index is 687. The second-order valence-electron chi connectivity index (χ2n) is 5.10. The standard InChI is InChI=1S/C13H16N6S/c1-9(2)7-11-16-17-13-19(11)18-12(20-13)4-3-10-8-14-5-6-15-10/h5-6,8-9H,3-4,7H2,1-2H3. The minimum Gasteiger partial charge on any atom is -0.261 e. The quantitative estimate of drug-likeness (QED) is 0.718. The first-order chi connectivity index (χ1) is 9.72. The van der Waals surface area contributed by atoms with Crippen LogP contribution in [0.3, 0.4) is 0 Å². The van der Waals surface area contributed by atoms with Crippen molar-refractivity contribution >= 4 is 16.3 Å². The van der Waals surface area contributed by atoms with Crippen LogP contribution in [0.4, 0.5) is 0 Å². The molecule has 0 N–H and O–H groups in total. The van der Waals surface area contributed by atoms with Gasteiger partial charge in [0.05, 0.1) is 5.69 Å². The Morgan fingerprint density at radius 2 is 2.10 bits per heavy atom. The van der Waals surface area contributed by atoms with E-state index in [1.54, 1.807) is 29.9 Å². The highest BCUT2D eigenvalue weighted by Crippen LogP contribution is 2.17. The molecule has 3 aromatic heterocycles. The Morgan fingerprint density at radius 1 is 1.20 bits per heavy atom. The van der Waals surface area contributed by atoms with Gasteiger partial charge in [0.2, 0.25) is 4.96 Å². The van der Waals surface area contributed by atoms with Crippen LogP contribution in [-0.2, 0) is 19.3 Å². The van der Waals surface area contributed by atoms with Crippen molar-refractivity contribution in [2.24, 2.45) is 5.92 Å². The molecular formula is C13H16N6S. The second-order valence-corrected chi connectivity index (χ2v) is 6.14. The average molecular weight is 288 g/mol. The van der Waals surface area contributed by atoms with E-state index in [9.17, 15) is 0 Å². The van der Waals surface area contributed by atoms with Gasteiger partial charge < -0.3 is 0 Å². The van der Waals surface area contributed by atoms with Crippen LogP contribution in [0.5, 0.6) is 0 Å². The summed E-state index contributed by atoms with van der Waals surface area (Å²) in [6, 6.07) is 0. The molecule has 0 atom stereocenters. The number of aryl methyl sites for hydroxylation is 2. The SMILES string of the molecule is CC(C)Cc1nnc2sc(CCc3cnccn3)nn12. The minimum absolute atomic E-state index is 0.548. The first-order valence-corrected chi connectivity index (χ1v) is 7.49. The third-order valence-electron chi connectivity index (χ3n) is 2.90. The molecule has 104 valence electrons. The van der Waals surface area contributed by atoms with Gasteiger partial charge >= 0.3 is 0 Å². The van der Waals surface area contributed by atoms with Crippen molar-refractivity contribution in [1.29, 1.82) is 0 Å². The average Bonchev–Trinajstić information content (AvgIpc) is 2.99. The fraction of sp³-hybridized carbons (Fsp3) is 0.462. The van der Waals surface area contributed by atoms with Crippen LogP contribution in [-0.4, -0.2) is 29.8 Å². The summed E-state index contributed by atoms with van der Waals surface area (Å²) in [5, 5.41) is 14.0. The molecule has 0 aromatic carbocycles. The zero-order chi connectivity index (χ0) is 13.9. The lowest BCUT2D eigenvalue weighted by Crippen LogP contribution is -2.02. The largest absolute Gasteiger partial charge is 0.261 e. The number of rotatable bonds is 5. The molecule has 0 aliphatic heterocycles. The van der Waals surface area contributed by atoms with Crippen LogP contribution >= 0.6 is 11.3 Å². The van der Waals surface area contributed by atoms with Crippen molar-refractivity contribution in [1.82, 2.24) is 29.8 Å². The van der Waals surface area contributed by atoms with Crippen molar-refractivity contribution in [2.75, 3.05) is 0 Å². The van der Waals surface area contributed by atoms with Crippen molar-refractivity contribution < 1.29 is 0 Å². The molecule has 3 heterocycles. The zero-order valence-corrected chi connectivity index (χ0v) is 12.3. The van der Waals surface area contributed by atoms with E-state index in [0.29, 0.717) is 5.92 Å². The third-order valence-corrected chi connectivity index (χ3v) is 3.86. The van der Waals surface area contributed by atoms with Gasteiger partial charge in [0, 0.05) is 31.4 Å². The van der Waals surface area contributed by atoms with Crippen LogP contribution in [0, 0.1) is 5.92 Å². The summed E-state index contributed by atoms with van der Waals surface area (Å²) in [4.78, 5) is 9.21. The van der Waals surface area contributed by atoms with Crippen LogP contribution < -0.4 is 0 Å². The fourth-order valence-corrected chi connectivity index (χ4v) is 2.84. The van der Waals surface area contributed by atoms with Gasteiger partial charge in [-0.15, -0.1) is 10.2 Å². The molecule has 0 bridgehead atoms. The van der Waals surface area contributed by atoms with Crippen LogP contribution in [0.2, 0.25) is 0 Å². The number of nitrogens with zero attached hydrogens (tertiary/aromatic N) is 6. The maximum Gasteiger partial charge on any atom is 0.234 e. The molecular weight excluding hydrogens is 272 g/mol. The van der Waals surface area contributed by atoms with E-state index in [1.165, 1.54) is 0 Å². The summed E-state index contributed by atoms with van der Waals surface area (Å²) in [5.41, 5.74) is 0.987. The van der Waals surface area contributed by atoms with E-state index >= 15 is 0 Å².